The van der Waals surface area contributed by atoms with Gasteiger partial charge in [-0.2, -0.15) is 0 Å². The maximum atomic E-state index is 13.3. The fourth-order valence-electron chi connectivity index (χ4n) is 3.59. The van der Waals surface area contributed by atoms with Crippen LogP contribution >= 0.6 is 0 Å². The highest BCUT2D eigenvalue weighted by Gasteiger charge is 2.44. The highest BCUT2D eigenvalue weighted by molar-refractivity contribution is 5.63. The summed E-state index contributed by atoms with van der Waals surface area (Å²) in [4.78, 5) is 0. The van der Waals surface area contributed by atoms with Crippen LogP contribution in [0.1, 0.15) is 12.8 Å². The molecule has 6 atom stereocenters. The number of hydrogen-bond donors (Lipinski definition) is 0. The number of hydrogen-bond acceptors (Lipinski definition) is 5. The van der Waals surface area contributed by atoms with Crippen LogP contribution in [0.3, 0.4) is 0 Å². The molecule has 0 bridgehead atoms. The van der Waals surface area contributed by atoms with Crippen molar-refractivity contribution in [2.75, 3.05) is 26.4 Å². The van der Waals surface area contributed by atoms with Gasteiger partial charge in [0.15, 0.2) is 0 Å². The van der Waals surface area contributed by atoms with Crippen molar-refractivity contribution >= 4 is 0 Å². The Morgan fingerprint density at radius 3 is 1.70 bits per heavy atom. The fourth-order valence-corrected chi connectivity index (χ4v) is 3.59. The second-order valence-electron chi connectivity index (χ2n) is 8.18. The van der Waals surface area contributed by atoms with Crippen molar-refractivity contribution in [3.63, 3.8) is 0 Å². The van der Waals surface area contributed by atoms with E-state index in [9.17, 15) is 4.39 Å². The molecule has 0 aromatic heterocycles. The first-order valence-electron chi connectivity index (χ1n) is 10.7. The molecule has 6 heteroatoms. The van der Waals surface area contributed by atoms with Gasteiger partial charge < -0.3 is 23.7 Å². The summed E-state index contributed by atoms with van der Waals surface area (Å²) in [6.07, 6.45) is 3.61. The maximum absolute atomic E-state index is 13.3. The van der Waals surface area contributed by atoms with E-state index in [0.717, 1.165) is 44.8 Å². The Balaban J connectivity index is 0.000000134. The molecule has 4 heterocycles. The first-order chi connectivity index (χ1) is 14.8. The average Bonchev–Trinajstić information content (AvgIpc) is 3.58. The molecule has 0 N–H and O–H groups in total. The molecule has 4 saturated heterocycles. The third kappa shape index (κ3) is 5.86. The number of rotatable bonds is 9. The molecule has 6 unspecified atom stereocenters. The summed E-state index contributed by atoms with van der Waals surface area (Å²) in [5, 5.41) is 0. The Hall–Kier alpha value is -1.83. The van der Waals surface area contributed by atoms with E-state index in [2.05, 4.69) is 0 Å². The van der Waals surface area contributed by atoms with Gasteiger partial charge in [-0.05, 0) is 11.6 Å². The molecule has 0 spiro atoms. The fraction of sp³-hybridized carbons (Fsp3) is 0.500. The Kier molecular flexibility index (Phi) is 6.11. The van der Waals surface area contributed by atoms with Crippen molar-refractivity contribution in [3.8, 4) is 11.1 Å². The number of halogens is 1. The van der Waals surface area contributed by atoms with Crippen molar-refractivity contribution < 1.29 is 28.1 Å². The topological polar surface area (TPSA) is 59.4 Å². The first kappa shape index (κ1) is 20.1. The normalized spacial score (nSPS) is 29.9. The summed E-state index contributed by atoms with van der Waals surface area (Å²) in [6, 6.07) is 16.3. The van der Waals surface area contributed by atoms with Crippen molar-refractivity contribution in [1.29, 1.82) is 0 Å². The van der Waals surface area contributed by atoms with Gasteiger partial charge in [-0.25, -0.2) is 4.39 Å². The van der Waals surface area contributed by atoms with E-state index in [4.69, 9.17) is 23.7 Å². The van der Waals surface area contributed by atoms with E-state index >= 15 is 0 Å². The Labute approximate surface area is 176 Å². The highest BCUT2D eigenvalue weighted by Crippen LogP contribution is 2.32. The van der Waals surface area contributed by atoms with E-state index in [1.807, 2.05) is 36.4 Å². The predicted octanol–water partition coefficient (Wildman–Crippen LogP) is 3.61. The zero-order chi connectivity index (χ0) is 20.3. The summed E-state index contributed by atoms with van der Waals surface area (Å²) >= 11 is 0. The molecule has 0 aliphatic carbocycles. The highest BCUT2D eigenvalue weighted by atomic mass is 19.1. The molecule has 0 saturated carbocycles. The summed E-state index contributed by atoms with van der Waals surface area (Å²) in [7, 11) is 0. The van der Waals surface area contributed by atoms with Crippen LogP contribution in [0.2, 0.25) is 0 Å². The number of benzene rings is 2. The monoisotopic (exact) mass is 414 g/mol. The third-order valence-electron chi connectivity index (χ3n) is 5.65. The predicted molar refractivity (Wildman–Crippen MR) is 109 cm³/mol. The van der Waals surface area contributed by atoms with Crippen LogP contribution in [-0.4, -0.2) is 63.1 Å². The number of epoxide rings is 4. The quantitative estimate of drug-likeness (QED) is 0.587. The molecule has 4 fully saturated rings. The molecule has 0 amide bonds. The van der Waals surface area contributed by atoms with Gasteiger partial charge in [0.25, 0.3) is 0 Å². The van der Waals surface area contributed by atoms with E-state index in [0.29, 0.717) is 17.8 Å². The minimum atomic E-state index is -0.172. The van der Waals surface area contributed by atoms with Gasteiger partial charge in [-0.15, -0.1) is 0 Å². The van der Waals surface area contributed by atoms with Crippen LogP contribution in [0.4, 0.5) is 4.39 Å². The summed E-state index contributed by atoms with van der Waals surface area (Å²) in [6.45, 7) is 3.41. The van der Waals surface area contributed by atoms with Crippen LogP contribution < -0.4 is 0 Å². The minimum absolute atomic E-state index is 0.172. The molecule has 4 aliphatic heterocycles. The van der Waals surface area contributed by atoms with Gasteiger partial charge in [-0.1, -0.05) is 48.5 Å². The largest absolute Gasteiger partial charge is 0.373 e. The molecule has 2 aromatic carbocycles. The van der Waals surface area contributed by atoms with Crippen molar-refractivity contribution in [2.24, 2.45) is 0 Å². The molecule has 30 heavy (non-hydrogen) atoms. The third-order valence-corrected chi connectivity index (χ3v) is 5.65. The lowest BCUT2D eigenvalue weighted by molar-refractivity contribution is -0.0500. The zero-order valence-electron chi connectivity index (χ0n) is 16.8. The van der Waals surface area contributed by atoms with Gasteiger partial charge in [0.05, 0.1) is 50.8 Å². The minimum Gasteiger partial charge on any atom is -0.373 e. The van der Waals surface area contributed by atoms with Crippen molar-refractivity contribution in [2.45, 2.75) is 49.5 Å². The lowest BCUT2D eigenvalue weighted by Crippen LogP contribution is -2.32. The second-order valence-corrected chi connectivity index (χ2v) is 8.18. The van der Waals surface area contributed by atoms with E-state index in [-0.39, 0.29) is 30.2 Å². The van der Waals surface area contributed by atoms with Crippen LogP contribution in [0.25, 0.3) is 11.1 Å². The molecular formula is C24H27FO5. The molecular weight excluding hydrogens is 387 g/mol. The van der Waals surface area contributed by atoms with Gasteiger partial charge >= 0.3 is 0 Å². The van der Waals surface area contributed by atoms with E-state index in [1.54, 1.807) is 12.1 Å². The Bertz CT molecular complexity index is 787. The summed E-state index contributed by atoms with van der Waals surface area (Å²) < 4.78 is 40.8. The lowest BCUT2D eigenvalue weighted by atomic mass is 10.1. The number of ether oxygens (including phenoxy) is 5. The molecule has 0 radical (unpaired) electrons. The standard InChI is InChI=1S/C12H9F.C12H18O5/c13-12-9-5-4-8-11(12)10-6-2-1-3-7-10;1(7-3-13-7)9(11-5-15-11)17-10(12-6-16-12)2-8-4-14-8/h1-9H;7-12H,1-6H2. The van der Waals surface area contributed by atoms with Crippen molar-refractivity contribution in [3.05, 3.63) is 60.4 Å². The first-order valence-corrected chi connectivity index (χ1v) is 10.7. The van der Waals surface area contributed by atoms with E-state index < -0.39 is 0 Å². The average molecular weight is 414 g/mol. The zero-order valence-corrected chi connectivity index (χ0v) is 16.8. The van der Waals surface area contributed by atoms with Gasteiger partial charge in [0.2, 0.25) is 0 Å². The van der Waals surface area contributed by atoms with Crippen LogP contribution in [0, 0.1) is 5.82 Å². The van der Waals surface area contributed by atoms with Crippen molar-refractivity contribution in [1.82, 2.24) is 0 Å². The van der Waals surface area contributed by atoms with E-state index in [1.165, 1.54) is 6.07 Å². The van der Waals surface area contributed by atoms with Crippen LogP contribution in [0.5, 0.6) is 0 Å². The maximum Gasteiger partial charge on any atom is 0.131 e. The van der Waals surface area contributed by atoms with Gasteiger partial charge in [0.1, 0.15) is 18.0 Å². The Morgan fingerprint density at radius 1 is 0.733 bits per heavy atom. The summed E-state index contributed by atoms with van der Waals surface area (Å²) in [5.41, 5.74) is 1.57. The molecule has 6 rings (SSSR count). The summed E-state index contributed by atoms with van der Waals surface area (Å²) in [5.74, 6) is -0.172. The molecule has 160 valence electrons. The Morgan fingerprint density at radius 2 is 1.23 bits per heavy atom. The smallest absolute Gasteiger partial charge is 0.131 e. The molecule has 2 aromatic rings. The van der Waals surface area contributed by atoms with Gasteiger partial charge in [-0.3, -0.25) is 0 Å². The van der Waals surface area contributed by atoms with Gasteiger partial charge in [0, 0.05) is 18.4 Å². The lowest BCUT2D eigenvalue weighted by Gasteiger charge is -2.22. The van der Waals surface area contributed by atoms with Crippen LogP contribution in [0.15, 0.2) is 54.6 Å². The molecule has 5 nitrogen and oxygen atoms in total. The van der Waals surface area contributed by atoms with Crippen LogP contribution in [-0.2, 0) is 23.7 Å². The molecule has 4 aliphatic rings. The SMILES string of the molecule is C1OC1CC(OC(CC1CO1)C1CO1)C1CO1.Fc1ccccc1-c1ccccc1. The second kappa shape index (κ2) is 9.12.